The summed E-state index contributed by atoms with van der Waals surface area (Å²) in [4.78, 5) is 4.12. The van der Waals surface area contributed by atoms with Gasteiger partial charge in [-0.15, -0.1) is 0 Å². The summed E-state index contributed by atoms with van der Waals surface area (Å²) in [6.07, 6.45) is 8.50. The highest BCUT2D eigenvalue weighted by Gasteiger charge is 1.91. The van der Waals surface area contributed by atoms with Crippen LogP contribution < -0.4 is 0 Å². The van der Waals surface area contributed by atoms with Crippen molar-refractivity contribution in [2.24, 2.45) is 4.99 Å². The molecule has 1 aromatic carbocycles. The van der Waals surface area contributed by atoms with Crippen LogP contribution in [0.1, 0.15) is 24.5 Å². The lowest BCUT2D eigenvalue weighted by Gasteiger charge is -1.97. The minimum Gasteiger partial charge on any atom is -0.269 e. The third-order valence-corrected chi connectivity index (χ3v) is 1.84. The van der Waals surface area contributed by atoms with Crippen LogP contribution in [-0.4, -0.2) is 6.21 Å². The minimum absolute atomic E-state index is 0.966. The fourth-order valence-electron chi connectivity index (χ4n) is 1.14. The van der Waals surface area contributed by atoms with Gasteiger partial charge in [0.15, 0.2) is 0 Å². The van der Waals surface area contributed by atoms with Gasteiger partial charge in [0.2, 0.25) is 0 Å². The smallest absolute Gasteiger partial charge is 0.0270 e. The average Bonchev–Trinajstić information content (AvgIpc) is 2.25. The molecule has 0 N–H and O–H groups in total. The standard InChI is InChI=1S/C13H15N/c1-3-10-14-11-9-13-8-6-5-7-12(13)4-2/h4-11H,2-3H2,1H3/b11-9-,14-10?. The summed E-state index contributed by atoms with van der Waals surface area (Å²) in [5.41, 5.74) is 2.28. The summed E-state index contributed by atoms with van der Waals surface area (Å²) in [6.45, 7) is 5.83. The molecule has 0 radical (unpaired) electrons. The summed E-state index contributed by atoms with van der Waals surface area (Å²) in [7, 11) is 0. The van der Waals surface area contributed by atoms with Crippen LogP contribution in [0.15, 0.2) is 42.0 Å². The Balaban J connectivity index is 2.80. The molecular weight excluding hydrogens is 170 g/mol. The van der Waals surface area contributed by atoms with Crippen LogP contribution in [0.25, 0.3) is 12.2 Å². The SMILES string of the molecule is C=Cc1ccccc1/C=C\N=CCC. The maximum absolute atomic E-state index is 4.12. The zero-order valence-corrected chi connectivity index (χ0v) is 8.48. The second-order valence-electron chi connectivity index (χ2n) is 2.89. The minimum atomic E-state index is 0.966. The molecule has 14 heavy (non-hydrogen) atoms. The molecule has 0 aliphatic heterocycles. The molecule has 0 bridgehead atoms. The van der Waals surface area contributed by atoms with E-state index in [-0.39, 0.29) is 0 Å². The van der Waals surface area contributed by atoms with Gasteiger partial charge in [-0.1, -0.05) is 43.8 Å². The Hall–Kier alpha value is -1.63. The largest absolute Gasteiger partial charge is 0.269 e. The fraction of sp³-hybridized carbons (Fsp3) is 0.154. The Morgan fingerprint density at radius 1 is 1.29 bits per heavy atom. The zero-order valence-electron chi connectivity index (χ0n) is 8.48. The lowest BCUT2D eigenvalue weighted by atomic mass is 10.1. The lowest BCUT2D eigenvalue weighted by Crippen LogP contribution is -1.77. The van der Waals surface area contributed by atoms with Crippen LogP contribution in [0.5, 0.6) is 0 Å². The number of nitrogens with zero attached hydrogens (tertiary/aromatic N) is 1. The third kappa shape index (κ3) is 3.02. The molecule has 0 fully saturated rings. The first-order valence-electron chi connectivity index (χ1n) is 4.78. The van der Waals surface area contributed by atoms with Crippen molar-refractivity contribution in [3.8, 4) is 0 Å². The first kappa shape index (κ1) is 10.5. The molecule has 72 valence electrons. The molecular formula is C13H15N. The normalized spacial score (nSPS) is 11.2. The van der Waals surface area contributed by atoms with Gasteiger partial charge in [0.05, 0.1) is 0 Å². The van der Waals surface area contributed by atoms with E-state index in [1.54, 1.807) is 0 Å². The molecule has 0 spiro atoms. The van der Waals surface area contributed by atoms with Crippen molar-refractivity contribution in [2.75, 3.05) is 0 Å². The topological polar surface area (TPSA) is 12.4 Å². The zero-order chi connectivity index (χ0) is 10.2. The van der Waals surface area contributed by atoms with Gasteiger partial charge in [-0.2, -0.15) is 0 Å². The van der Waals surface area contributed by atoms with Crippen LogP contribution in [0.2, 0.25) is 0 Å². The second kappa shape index (κ2) is 5.92. The number of aliphatic imine (C=N–C) groups is 1. The highest BCUT2D eigenvalue weighted by atomic mass is 14.7. The molecule has 1 aromatic rings. The van der Waals surface area contributed by atoms with Gasteiger partial charge < -0.3 is 0 Å². The maximum atomic E-state index is 4.12. The molecule has 0 aromatic heterocycles. The molecule has 0 atom stereocenters. The molecule has 0 aliphatic carbocycles. The van der Waals surface area contributed by atoms with E-state index in [1.165, 1.54) is 0 Å². The monoisotopic (exact) mass is 185 g/mol. The molecule has 1 rings (SSSR count). The maximum Gasteiger partial charge on any atom is 0.0270 e. The molecule has 0 amide bonds. The van der Waals surface area contributed by atoms with Gasteiger partial charge in [0.25, 0.3) is 0 Å². The summed E-state index contributed by atoms with van der Waals surface area (Å²) in [5.74, 6) is 0. The van der Waals surface area contributed by atoms with E-state index in [0.717, 1.165) is 17.5 Å². The van der Waals surface area contributed by atoms with Crippen LogP contribution in [0.3, 0.4) is 0 Å². The summed E-state index contributed by atoms with van der Waals surface area (Å²) >= 11 is 0. The van der Waals surface area contributed by atoms with Crippen LogP contribution in [0.4, 0.5) is 0 Å². The van der Waals surface area contributed by atoms with Gasteiger partial charge in [0.1, 0.15) is 0 Å². The Labute approximate surface area is 85.5 Å². The van der Waals surface area contributed by atoms with Crippen LogP contribution >= 0.6 is 0 Å². The predicted molar refractivity (Wildman–Crippen MR) is 64.4 cm³/mol. The molecule has 0 unspecified atom stereocenters. The Kier molecular flexibility index (Phi) is 4.42. The molecule has 1 heteroatoms. The molecule has 0 aliphatic rings. The Morgan fingerprint density at radius 3 is 2.64 bits per heavy atom. The second-order valence-corrected chi connectivity index (χ2v) is 2.89. The van der Waals surface area contributed by atoms with Gasteiger partial charge in [-0.05, 0) is 23.6 Å². The van der Waals surface area contributed by atoms with E-state index in [0.29, 0.717) is 0 Å². The van der Waals surface area contributed by atoms with E-state index < -0.39 is 0 Å². The van der Waals surface area contributed by atoms with Gasteiger partial charge in [-0.3, -0.25) is 4.99 Å². The average molecular weight is 185 g/mol. The number of rotatable bonds is 4. The molecule has 0 saturated carbocycles. The van der Waals surface area contributed by atoms with Crippen molar-refractivity contribution in [1.82, 2.24) is 0 Å². The number of hydrogen-bond acceptors (Lipinski definition) is 1. The highest BCUT2D eigenvalue weighted by molar-refractivity contribution is 5.65. The summed E-state index contributed by atoms with van der Waals surface area (Å²) in [5, 5.41) is 0. The summed E-state index contributed by atoms with van der Waals surface area (Å²) in [6, 6.07) is 8.10. The van der Waals surface area contributed by atoms with Gasteiger partial charge >= 0.3 is 0 Å². The molecule has 0 saturated heterocycles. The van der Waals surface area contributed by atoms with Crippen LogP contribution in [-0.2, 0) is 0 Å². The predicted octanol–water partition coefficient (Wildman–Crippen LogP) is 3.78. The fourth-order valence-corrected chi connectivity index (χ4v) is 1.14. The quantitative estimate of drug-likeness (QED) is 0.633. The van der Waals surface area contributed by atoms with Gasteiger partial charge in [-0.25, -0.2) is 0 Å². The van der Waals surface area contributed by atoms with E-state index in [9.17, 15) is 0 Å². The lowest BCUT2D eigenvalue weighted by molar-refractivity contribution is 1.31. The van der Waals surface area contributed by atoms with Crippen molar-refractivity contribution in [1.29, 1.82) is 0 Å². The first-order chi connectivity index (χ1) is 6.88. The Bertz CT molecular complexity index is 348. The van der Waals surface area contributed by atoms with E-state index >= 15 is 0 Å². The summed E-state index contributed by atoms with van der Waals surface area (Å²) < 4.78 is 0. The van der Waals surface area contributed by atoms with Crippen molar-refractivity contribution < 1.29 is 0 Å². The van der Waals surface area contributed by atoms with Crippen molar-refractivity contribution >= 4 is 18.4 Å². The van der Waals surface area contributed by atoms with Crippen LogP contribution in [0, 0.1) is 0 Å². The highest BCUT2D eigenvalue weighted by Crippen LogP contribution is 2.11. The molecule has 1 nitrogen and oxygen atoms in total. The van der Waals surface area contributed by atoms with Gasteiger partial charge in [0, 0.05) is 12.4 Å². The number of hydrogen-bond donors (Lipinski definition) is 0. The van der Waals surface area contributed by atoms with Crippen molar-refractivity contribution in [3.63, 3.8) is 0 Å². The third-order valence-electron chi connectivity index (χ3n) is 1.84. The van der Waals surface area contributed by atoms with Crippen molar-refractivity contribution in [3.05, 3.63) is 48.2 Å². The Morgan fingerprint density at radius 2 is 2.00 bits per heavy atom. The number of benzene rings is 1. The van der Waals surface area contributed by atoms with E-state index in [2.05, 4.69) is 24.6 Å². The van der Waals surface area contributed by atoms with Crippen molar-refractivity contribution in [2.45, 2.75) is 13.3 Å². The van der Waals surface area contributed by atoms with E-state index in [1.807, 2.05) is 42.8 Å². The first-order valence-corrected chi connectivity index (χ1v) is 4.78. The molecule has 0 heterocycles. The van der Waals surface area contributed by atoms with E-state index in [4.69, 9.17) is 0 Å².